The lowest BCUT2D eigenvalue weighted by atomic mass is 10.1. The summed E-state index contributed by atoms with van der Waals surface area (Å²) in [4.78, 5) is 12.1. The van der Waals surface area contributed by atoms with Gasteiger partial charge in [0.25, 0.3) is 5.91 Å². The standard InChI is InChI=1S/C16H25NO3/c1-5-7-12(3)17-16(18)15(6-2)20-14-10-8-13(19-4)9-11-14/h8-12,15H,5-7H2,1-4H3,(H,17,18)/t12-,15+/m1/s1. The number of carbonyl (C=O) groups excluding carboxylic acids is 1. The van der Waals surface area contributed by atoms with Gasteiger partial charge in [-0.2, -0.15) is 0 Å². The minimum Gasteiger partial charge on any atom is -0.497 e. The van der Waals surface area contributed by atoms with E-state index in [-0.39, 0.29) is 11.9 Å². The van der Waals surface area contributed by atoms with Crippen LogP contribution in [0.3, 0.4) is 0 Å². The first-order valence-electron chi connectivity index (χ1n) is 7.21. The van der Waals surface area contributed by atoms with Gasteiger partial charge >= 0.3 is 0 Å². The second-order valence-corrected chi connectivity index (χ2v) is 4.89. The first-order valence-corrected chi connectivity index (χ1v) is 7.21. The Morgan fingerprint density at radius 2 is 1.80 bits per heavy atom. The van der Waals surface area contributed by atoms with Crippen molar-refractivity contribution in [1.82, 2.24) is 5.32 Å². The predicted molar refractivity (Wildman–Crippen MR) is 80.2 cm³/mol. The highest BCUT2D eigenvalue weighted by molar-refractivity contribution is 5.81. The van der Waals surface area contributed by atoms with Crippen molar-refractivity contribution in [1.29, 1.82) is 0 Å². The Hall–Kier alpha value is -1.71. The minimum atomic E-state index is -0.456. The van der Waals surface area contributed by atoms with Crippen molar-refractivity contribution >= 4 is 5.91 Å². The van der Waals surface area contributed by atoms with Gasteiger partial charge in [-0.05, 0) is 44.0 Å². The van der Waals surface area contributed by atoms with E-state index in [2.05, 4.69) is 12.2 Å². The molecule has 0 saturated heterocycles. The lowest BCUT2D eigenvalue weighted by molar-refractivity contribution is -0.128. The number of ether oxygens (including phenoxy) is 2. The van der Waals surface area contributed by atoms with Crippen LogP contribution in [0.15, 0.2) is 24.3 Å². The van der Waals surface area contributed by atoms with Crippen LogP contribution in [0.5, 0.6) is 11.5 Å². The predicted octanol–water partition coefficient (Wildman–Crippen LogP) is 3.16. The number of rotatable bonds is 8. The molecule has 4 heteroatoms. The number of carbonyl (C=O) groups is 1. The maximum absolute atomic E-state index is 12.1. The van der Waals surface area contributed by atoms with E-state index in [9.17, 15) is 4.79 Å². The van der Waals surface area contributed by atoms with Crippen molar-refractivity contribution in [2.24, 2.45) is 0 Å². The first kappa shape index (κ1) is 16.3. The fraction of sp³-hybridized carbons (Fsp3) is 0.562. The van der Waals surface area contributed by atoms with Crippen LogP contribution in [0.1, 0.15) is 40.0 Å². The number of hydrogen-bond donors (Lipinski definition) is 1. The lowest BCUT2D eigenvalue weighted by Gasteiger charge is -2.20. The maximum Gasteiger partial charge on any atom is 0.261 e. The second-order valence-electron chi connectivity index (χ2n) is 4.89. The van der Waals surface area contributed by atoms with Gasteiger partial charge in [0.1, 0.15) is 11.5 Å². The van der Waals surface area contributed by atoms with Crippen LogP contribution in [0.25, 0.3) is 0 Å². The molecule has 20 heavy (non-hydrogen) atoms. The topological polar surface area (TPSA) is 47.6 Å². The highest BCUT2D eigenvalue weighted by Crippen LogP contribution is 2.19. The quantitative estimate of drug-likeness (QED) is 0.795. The molecular weight excluding hydrogens is 254 g/mol. The van der Waals surface area contributed by atoms with Crippen LogP contribution in [-0.4, -0.2) is 25.2 Å². The van der Waals surface area contributed by atoms with E-state index in [0.717, 1.165) is 18.6 Å². The number of nitrogens with one attached hydrogen (secondary N) is 1. The summed E-state index contributed by atoms with van der Waals surface area (Å²) in [6, 6.07) is 7.44. The summed E-state index contributed by atoms with van der Waals surface area (Å²) in [6.07, 6.45) is 2.21. The Labute approximate surface area is 121 Å². The van der Waals surface area contributed by atoms with E-state index in [1.165, 1.54) is 0 Å². The number of methoxy groups -OCH3 is 1. The number of benzene rings is 1. The lowest BCUT2D eigenvalue weighted by Crippen LogP contribution is -2.42. The summed E-state index contributed by atoms with van der Waals surface area (Å²) < 4.78 is 10.8. The smallest absolute Gasteiger partial charge is 0.261 e. The number of amides is 1. The van der Waals surface area contributed by atoms with Crippen LogP contribution in [0.4, 0.5) is 0 Å². The molecule has 0 unspecified atom stereocenters. The molecule has 0 radical (unpaired) electrons. The molecule has 0 fully saturated rings. The average molecular weight is 279 g/mol. The molecule has 112 valence electrons. The van der Waals surface area contributed by atoms with Gasteiger partial charge in [0.05, 0.1) is 7.11 Å². The summed E-state index contributed by atoms with van der Waals surface area (Å²) in [7, 11) is 1.62. The normalized spacial score (nSPS) is 13.4. The van der Waals surface area contributed by atoms with Crippen molar-refractivity contribution in [3.63, 3.8) is 0 Å². The molecule has 0 aliphatic rings. The first-order chi connectivity index (χ1) is 9.60. The summed E-state index contributed by atoms with van der Waals surface area (Å²) in [5.74, 6) is 1.40. The molecule has 0 heterocycles. The van der Waals surface area contributed by atoms with Gasteiger partial charge in [-0.25, -0.2) is 0 Å². The van der Waals surface area contributed by atoms with Crippen molar-refractivity contribution < 1.29 is 14.3 Å². The van der Waals surface area contributed by atoms with Crippen LogP contribution < -0.4 is 14.8 Å². The van der Waals surface area contributed by atoms with Gasteiger partial charge in [-0.1, -0.05) is 20.3 Å². The molecule has 1 N–H and O–H groups in total. The Bertz CT molecular complexity index is 403. The SMILES string of the molecule is CCC[C@@H](C)NC(=O)[C@H](CC)Oc1ccc(OC)cc1. The maximum atomic E-state index is 12.1. The highest BCUT2D eigenvalue weighted by atomic mass is 16.5. The molecule has 0 spiro atoms. The Morgan fingerprint density at radius 3 is 2.30 bits per heavy atom. The minimum absolute atomic E-state index is 0.0516. The molecule has 0 aliphatic heterocycles. The third-order valence-electron chi connectivity index (χ3n) is 3.11. The fourth-order valence-electron chi connectivity index (χ4n) is 1.98. The van der Waals surface area contributed by atoms with Crippen LogP contribution >= 0.6 is 0 Å². The van der Waals surface area contributed by atoms with Crippen molar-refractivity contribution in [2.45, 2.75) is 52.2 Å². The molecule has 0 aliphatic carbocycles. The Kier molecular flexibility index (Phi) is 6.91. The van der Waals surface area contributed by atoms with Crippen LogP contribution in [-0.2, 0) is 4.79 Å². The highest BCUT2D eigenvalue weighted by Gasteiger charge is 2.19. The van der Waals surface area contributed by atoms with Gasteiger partial charge < -0.3 is 14.8 Å². The summed E-state index contributed by atoms with van der Waals surface area (Å²) in [5, 5.41) is 2.99. The summed E-state index contributed by atoms with van der Waals surface area (Å²) in [5.41, 5.74) is 0. The molecule has 4 nitrogen and oxygen atoms in total. The van der Waals surface area contributed by atoms with Crippen LogP contribution in [0, 0.1) is 0 Å². The van der Waals surface area contributed by atoms with E-state index in [1.54, 1.807) is 7.11 Å². The summed E-state index contributed by atoms with van der Waals surface area (Å²) >= 11 is 0. The van der Waals surface area contributed by atoms with Crippen molar-refractivity contribution in [3.8, 4) is 11.5 Å². The molecule has 0 bridgehead atoms. The largest absolute Gasteiger partial charge is 0.497 e. The van der Waals surface area contributed by atoms with Gasteiger partial charge in [-0.15, -0.1) is 0 Å². The van der Waals surface area contributed by atoms with E-state index in [1.807, 2.05) is 38.1 Å². The average Bonchev–Trinajstić information content (AvgIpc) is 2.45. The van der Waals surface area contributed by atoms with E-state index in [4.69, 9.17) is 9.47 Å². The van der Waals surface area contributed by atoms with Crippen LogP contribution in [0.2, 0.25) is 0 Å². The van der Waals surface area contributed by atoms with Crippen molar-refractivity contribution in [2.75, 3.05) is 7.11 Å². The molecule has 0 saturated carbocycles. The molecule has 1 amide bonds. The Balaban J connectivity index is 2.58. The summed E-state index contributed by atoms with van der Waals surface area (Å²) in [6.45, 7) is 6.06. The molecule has 2 atom stereocenters. The third-order valence-corrected chi connectivity index (χ3v) is 3.11. The van der Waals surface area contributed by atoms with E-state index >= 15 is 0 Å². The van der Waals surface area contributed by atoms with Crippen molar-refractivity contribution in [3.05, 3.63) is 24.3 Å². The van der Waals surface area contributed by atoms with E-state index in [0.29, 0.717) is 12.2 Å². The Morgan fingerprint density at radius 1 is 1.20 bits per heavy atom. The third kappa shape index (κ3) is 5.11. The van der Waals surface area contributed by atoms with Gasteiger partial charge in [0.2, 0.25) is 0 Å². The fourth-order valence-corrected chi connectivity index (χ4v) is 1.98. The molecule has 1 aromatic carbocycles. The molecular formula is C16H25NO3. The van der Waals surface area contributed by atoms with Gasteiger partial charge in [0.15, 0.2) is 6.10 Å². The molecule has 1 aromatic rings. The van der Waals surface area contributed by atoms with Gasteiger partial charge in [-0.3, -0.25) is 4.79 Å². The zero-order valence-corrected chi connectivity index (χ0v) is 12.8. The van der Waals surface area contributed by atoms with E-state index < -0.39 is 6.10 Å². The van der Waals surface area contributed by atoms with Gasteiger partial charge in [0, 0.05) is 6.04 Å². The molecule has 1 rings (SSSR count). The number of hydrogen-bond acceptors (Lipinski definition) is 3. The zero-order chi connectivity index (χ0) is 15.0. The monoisotopic (exact) mass is 279 g/mol. The molecule has 0 aromatic heterocycles. The second kappa shape index (κ2) is 8.46. The zero-order valence-electron chi connectivity index (χ0n) is 12.8.